The van der Waals surface area contributed by atoms with E-state index in [9.17, 15) is 9.59 Å². The lowest BCUT2D eigenvalue weighted by Gasteiger charge is -2.09. The fourth-order valence-electron chi connectivity index (χ4n) is 3.47. The number of nitrogens with one attached hydrogen (secondary N) is 1. The van der Waals surface area contributed by atoms with Crippen LogP contribution in [-0.2, 0) is 11.3 Å². The summed E-state index contributed by atoms with van der Waals surface area (Å²) in [6.07, 6.45) is 2.21. The maximum absolute atomic E-state index is 12.7. The van der Waals surface area contributed by atoms with Gasteiger partial charge in [-0.3, -0.25) is 4.79 Å². The number of carbonyl (C=O) groups excluding carboxylic acids is 1. The van der Waals surface area contributed by atoms with Crippen molar-refractivity contribution in [2.75, 3.05) is 6.54 Å². The van der Waals surface area contributed by atoms with Gasteiger partial charge in [-0.1, -0.05) is 61.2 Å². The zero-order valence-electron chi connectivity index (χ0n) is 16.9. The molecule has 2 aromatic heterocycles. The summed E-state index contributed by atoms with van der Waals surface area (Å²) < 4.78 is 3.12. The van der Waals surface area contributed by atoms with Crippen LogP contribution < -0.4 is 5.32 Å². The lowest BCUT2D eigenvalue weighted by Crippen LogP contribution is -2.25. The van der Waals surface area contributed by atoms with Gasteiger partial charge in [0.1, 0.15) is 0 Å². The smallest absolute Gasteiger partial charge is 0.331 e. The molecule has 156 valence electrons. The molecule has 0 spiro atoms. The summed E-state index contributed by atoms with van der Waals surface area (Å²) in [6.45, 7) is 4.39. The average Bonchev–Trinajstić information content (AvgIpc) is 3.38. The number of carboxylic acids is 1. The highest BCUT2D eigenvalue weighted by atomic mass is 32.1. The van der Waals surface area contributed by atoms with Crippen molar-refractivity contribution in [1.82, 2.24) is 9.88 Å². The molecule has 1 amide bonds. The minimum Gasteiger partial charge on any atom is -0.478 e. The topological polar surface area (TPSA) is 71.3 Å². The van der Waals surface area contributed by atoms with Crippen molar-refractivity contribution in [1.29, 1.82) is 0 Å². The van der Waals surface area contributed by atoms with Crippen molar-refractivity contribution in [3.63, 3.8) is 0 Å². The first-order chi connectivity index (χ1) is 15.0. The van der Waals surface area contributed by atoms with E-state index in [1.807, 2.05) is 35.8 Å². The Morgan fingerprint density at radius 3 is 2.42 bits per heavy atom. The molecule has 4 rings (SSSR count). The third-order valence-corrected chi connectivity index (χ3v) is 6.10. The highest BCUT2D eigenvalue weighted by molar-refractivity contribution is 7.17. The Balaban J connectivity index is 1.49. The lowest BCUT2D eigenvalue weighted by molar-refractivity contribution is -0.132. The van der Waals surface area contributed by atoms with Gasteiger partial charge >= 0.3 is 5.97 Å². The molecule has 2 N–H and O–H groups in total. The van der Waals surface area contributed by atoms with Crippen LogP contribution in [0.2, 0.25) is 0 Å². The number of hydrogen-bond donors (Lipinski definition) is 2. The highest BCUT2D eigenvalue weighted by Crippen LogP contribution is 2.28. The van der Waals surface area contributed by atoms with E-state index < -0.39 is 5.97 Å². The normalized spacial score (nSPS) is 10.8. The number of amides is 1. The average molecular weight is 431 g/mol. The Hall–Kier alpha value is -3.64. The second-order valence-electron chi connectivity index (χ2n) is 7.28. The third-order valence-electron chi connectivity index (χ3n) is 5.16. The molecule has 5 nitrogen and oxygen atoms in total. The summed E-state index contributed by atoms with van der Waals surface area (Å²) in [5.74, 6) is -1.25. The molecule has 0 bridgehead atoms. The van der Waals surface area contributed by atoms with Crippen LogP contribution >= 0.6 is 11.3 Å². The molecule has 6 heteroatoms. The van der Waals surface area contributed by atoms with Gasteiger partial charge in [-0.25, -0.2) is 4.79 Å². The number of hydrogen-bond acceptors (Lipinski definition) is 3. The molecular formula is C25H22N2O3S. The van der Waals surface area contributed by atoms with E-state index in [2.05, 4.69) is 52.9 Å². The van der Waals surface area contributed by atoms with Crippen LogP contribution in [0.15, 0.2) is 84.4 Å². The summed E-state index contributed by atoms with van der Waals surface area (Å²) >= 11 is 1.52. The van der Waals surface area contributed by atoms with E-state index in [1.165, 1.54) is 22.5 Å². The fourth-order valence-corrected chi connectivity index (χ4v) is 4.41. The van der Waals surface area contributed by atoms with Crippen LogP contribution in [0, 0.1) is 0 Å². The quantitative estimate of drug-likeness (QED) is 0.379. The molecule has 31 heavy (non-hydrogen) atoms. The van der Waals surface area contributed by atoms with Gasteiger partial charge in [-0.15, -0.1) is 11.3 Å². The maximum atomic E-state index is 12.7. The monoisotopic (exact) mass is 430 g/mol. The number of thiophene rings is 1. The molecule has 0 aliphatic heterocycles. The molecule has 0 radical (unpaired) electrons. The number of fused-ring (bicyclic) bond motifs is 1. The highest BCUT2D eigenvalue weighted by Gasteiger charge is 2.16. The number of rotatable bonds is 8. The zero-order chi connectivity index (χ0) is 21.8. The molecule has 0 aliphatic rings. The van der Waals surface area contributed by atoms with Crippen molar-refractivity contribution in [3.05, 3.63) is 95.5 Å². The Bertz CT molecular complexity index is 1240. The van der Waals surface area contributed by atoms with Crippen LogP contribution in [0.25, 0.3) is 21.3 Å². The number of aromatic nitrogens is 1. The minimum absolute atomic E-state index is 0.0816. The van der Waals surface area contributed by atoms with Gasteiger partial charge in [0.05, 0.1) is 15.8 Å². The van der Waals surface area contributed by atoms with Crippen LogP contribution in [0.5, 0.6) is 0 Å². The Morgan fingerprint density at radius 1 is 1.00 bits per heavy atom. The molecule has 0 saturated heterocycles. The first-order valence-electron chi connectivity index (χ1n) is 9.93. The Morgan fingerprint density at radius 2 is 1.71 bits per heavy atom. The van der Waals surface area contributed by atoms with Gasteiger partial charge in [-0.05, 0) is 29.2 Å². The van der Waals surface area contributed by atoms with Gasteiger partial charge in [0.25, 0.3) is 5.91 Å². The molecule has 2 aromatic carbocycles. The molecule has 0 aliphatic carbocycles. The molecule has 0 atom stereocenters. The number of carboxylic acid groups (broad SMARTS) is 1. The number of carbonyl (C=O) groups is 2. The summed E-state index contributed by atoms with van der Waals surface area (Å²) in [4.78, 5) is 23.5. The molecule has 4 aromatic rings. The Kier molecular flexibility index (Phi) is 6.00. The van der Waals surface area contributed by atoms with Gasteiger partial charge in [0, 0.05) is 30.2 Å². The second kappa shape index (κ2) is 9.02. The van der Waals surface area contributed by atoms with Crippen molar-refractivity contribution in [2.24, 2.45) is 0 Å². The van der Waals surface area contributed by atoms with Crippen LogP contribution in [0.1, 0.15) is 22.3 Å². The first kappa shape index (κ1) is 20.6. The van der Waals surface area contributed by atoms with Crippen LogP contribution in [0.4, 0.5) is 0 Å². The zero-order valence-corrected chi connectivity index (χ0v) is 17.7. The second-order valence-corrected chi connectivity index (χ2v) is 8.19. The van der Waals surface area contributed by atoms with Gasteiger partial charge in [-0.2, -0.15) is 0 Å². The summed E-state index contributed by atoms with van der Waals surface area (Å²) in [5.41, 5.74) is 5.07. The maximum Gasteiger partial charge on any atom is 0.331 e. The molecule has 0 fully saturated rings. The molecule has 0 saturated carbocycles. The SMILES string of the molecule is C=C(CCNC(=O)c1csc2ccn(Cc3ccc(-c4ccccc4)cc3)c12)C(=O)O. The van der Waals surface area contributed by atoms with Crippen molar-refractivity contribution >= 4 is 33.4 Å². The number of nitrogens with zero attached hydrogens (tertiary/aromatic N) is 1. The molecule has 2 heterocycles. The number of benzene rings is 2. The summed E-state index contributed by atoms with van der Waals surface area (Å²) in [5, 5.41) is 13.5. The summed E-state index contributed by atoms with van der Waals surface area (Å²) in [7, 11) is 0. The number of aliphatic carboxylic acids is 1. The largest absolute Gasteiger partial charge is 0.478 e. The van der Waals surface area contributed by atoms with Crippen molar-refractivity contribution < 1.29 is 14.7 Å². The van der Waals surface area contributed by atoms with E-state index in [0.717, 1.165) is 15.8 Å². The summed E-state index contributed by atoms with van der Waals surface area (Å²) in [6, 6.07) is 20.7. The molecule has 0 unspecified atom stereocenters. The lowest BCUT2D eigenvalue weighted by atomic mass is 10.0. The van der Waals surface area contributed by atoms with E-state index >= 15 is 0 Å². The van der Waals surface area contributed by atoms with Gasteiger partial charge in [0.2, 0.25) is 0 Å². The van der Waals surface area contributed by atoms with Crippen LogP contribution in [-0.4, -0.2) is 28.1 Å². The van der Waals surface area contributed by atoms with Gasteiger partial charge in [0.15, 0.2) is 0 Å². The predicted octanol–water partition coefficient (Wildman–Crippen LogP) is 5.18. The third kappa shape index (κ3) is 4.59. The van der Waals surface area contributed by atoms with Crippen molar-refractivity contribution in [2.45, 2.75) is 13.0 Å². The van der Waals surface area contributed by atoms with Gasteiger partial charge < -0.3 is 15.0 Å². The van der Waals surface area contributed by atoms with E-state index in [-0.39, 0.29) is 24.4 Å². The predicted molar refractivity (Wildman–Crippen MR) is 125 cm³/mol. The van der Waals surface area contributed by atoms with E-state index in [4.69, 9.17) is 5.11 Å². The van der Waals surface area contributed by atoms with Crippen LogP contribution in [0.3, 0.4) is 0 Å². The Labute approximate surface area is 184 Å². The standard InChI is InChI=1S/C25H22N2O3S/c1-17(25(29)30)11-13-26-24(28)21-16-31-22-12-14-27(23(21)22)15-18-7-9-20(10-8-18)19-5-3-2-4-6-19/h2-10,12,14,16H,1,11,13,15H2,(H,26,28)(H,29,30). The van der Waals surface area contributed by atoms with E-state index in [0.29, 0.717) is 12.1 Å². The van der Waals surface area contributed by atoms with E-state index in [1.54, 1.807) is 0 Å². The minimum atomic E-state index is -1.04. The molecular weight excluding hydrogens is 408 g/mol. The van der Waals surface area contributed by atoms with Crippen molar-refractivity contribution in [3.8, 4) is 11.1 Å². The first-order valence-corrected chi connectivity index (χ1v) is 10.8. The fraction of sp³-hybridized carbons (Fsp3) is 0.120.